The summed E-state index contributed by atoms with van der Waals surface area (Å²) in [6.45, 7) is 0. The van der Waals surface area contributed by atoms with Gasteiger partial charge < -0.3 is 9.73 Å². The quantitative estimate of drug-likeness (QED) is 0.210. The summed E-state index contributed by atoms with van der Waals surface area (Å²) in [5, 5.41) is 10.6. The van der Waals surface area contributed by atoms with Gasteiger partial charge in [0.25, 0.3) is 0 Å². The first-order valence-electron chi connectivity index (χ1n) is 16.0. The van der Waals surface area contributed by atoms with Crippen LogP contribution in [0.15, 0.2) is 160 Å². The lowest BCUT2D eigenvalue weighted by Gasteiger charge is -2.23. The van der Waals surface area contributed by atoms with Crippen LogP contribution in [-0.4, -0.2) is 16.7 Å². The Labute approximate surface area is 279 Å². The topological polar surface area (TPSA) is 62.8 Å². The number of nitrogens with one attached hydrogen (secondary N) is 1. The Morgan fingerprint density at radius 3 is 2.21 bits per heavy atom. The first kappa shape index (κ1) is 27.0. The van der Waals surface area contributed by atoms with Crippen molar-refractivity contribution in [1.82, 2.24) is 10.3 Å². The van der Waals surface area contributed by atoms with Crippen LogP contribution in [0, 0.1) is 0 Å². The van der Waals surface area contributed by atoms with Gasteiger partial charge in [0, 0.05) is 53.8 Å². The van der Waals surface area contributed by atoms with Crippen LogP contribution in [0.1, 0.15) is 22.9 Å². The van der Waals surface area contributed by atoms with E-state index < -0.39 is 0 Å². The minimum Gasteiger partial charge on any atom is -0.454 e. The molecule has 0 amide bonds. The summed E-state index contributed by atoms with van der Waals surface area (Å²) >= 11 is 1.84. The molecular weight excluding hydrogens is 609 g/mol. The number of hydrogen-bond acceptors (Lipinski definition) is 6. The van der Waals surface area contributed by atoms with Crippen molar-refractivity contribution in [2.45, 2.75) is 6.17 Å². The van der Waals surface area contributed by atoms with Crippen molar-refractivity contribution in [3.63, 3.8) is 0 Å². The molecule has 0 radical (unpaired) electrons. The van der Waals surface area contributed by atoms with Crippen LogP contribution in [0.25, 0.3) is 64.0 Å². The summed E-state index contributed by atoms with van der Waals surface area (Å²) in [5.41, 5.74) is 6.65. The monoisotopic (exact) mass is 634 g/mol. The summed E-state index contributed by atoms with van der Waals surface area (Å²) in [5.74, 6) is 1.38. The Bertz CT molecular complexity index is 2760. The molecule has 1 unspecified atom stereocenters. The van der Waals surface area contributed by atoms with E-state index in [9.17, 15) is 0 Å². The maximum atomic E-state index is 6.73. The average Bonchev–Trinajstić information content (AvgIpc) is 3.72. The number of fused-ring (bicyclic) bond motifs is 7. The standard InChI is InChI=1S/C42H26N4OS/c1-3-11-25(12-4-1)40-44-41(26-13-5-2-6-14-26)46-42(45-40)33-23-43-24-34-37(33)31-19-9-18-30(39(31)47-34)29-17-10-20-35-38(29)32-21-27-15-7-8-16-28(27)22-36(32)48-35/h1-24,40H,(H,44,45,46). The fourth-order valence-corrected chi connectivity index (χ4v) is 8.15. The predicted molar refractivity (Wildman–Crippen MR) is 199 cm³/mol. The molecule has 10 rings (SSSR count). The van der Waals surface area contributed by atoms with E-state index in [1.54, 1.807) is 6.20 Å². The Kier molecular flexibility index (Phi) is 6.04. The molecule has 6 heteroatoms. The molecule has 1 N–H and O–H groups in total. The minimum absolute atomic E-state index is 0.307. The third-order valence-electron chi connectivity index (χ3n) is 9.21. The Morgan fingerprint density at radius 2 is 1.35 bits per heavy atom. The van der Waals surface area contributed by atoms with Crippen LogP contribution in [0.3, 0.4) is 0 Å². The molecule has 5 nitrogen and oxygen atoms in total. The molecule has 0 bridgehead atoms. The molecule has 226 valence electrons. The van der Waals surface area contributed by atoms with Crippen molar-refractivity contribution < 1.29 is 4.42 Å². The highest BCUT2D eigenvalue weighted by Crippen LogP contribution is 2.44. The number of hydrogen-bond donors (Lipinski definition) is 1. The zero-order valence-electron chi connectivity index (χ0n) is 25.6. The zero-order chi connectivity index (χ0) is 31.6. The second-order valence-electron chi connectivity index (χ2n) is 12.1. The molecule has 0 spiro atoms. The highest BCUT2D eigenvalue weighted by Gasteiger charge is 2.25. The number of aliphatic imine (C=N–C) groups is 2. The maximum Gasteiger partial charge on any atom is 0.159 e. The number of aromatic nitrogens is 1. The SMILES string of the molecule is c1ccc(C2=NC(c3ccccc3)NC(c3cncc4oc5c(-c6cccc7sc8cc9ccccc9cc8c67)cccc5c34)=N2)cc1. The number of benzene rings is 6. The van der Waals surface area contributed by atoms with Gasteiger partial charge in [0.05, 0.1) is 6.20 Å². The Balaban J connectivity index is 1.18. The van der Waals surface area contributed by atoms with Crippen LogP contribution in [0.4, 0.5) is 0 Å². The van der Waals surface area contributed by atoms with E-state index in [4.69, 9.17) is 14.4 Å². The van der Waals surface area contributed by atoms with E-state index in [2.05, 4.69) is 95.2 Å². The van der Waals surface area contributed by atoms with E-state index in [1.165, 1.54) is 30.9 Å². The molecule has 0 saturated carbocycles. The normalized spacial score (nSPS) is 14.9. The summed E-state index contributed by atoms with van der Waals surface area (Å²) in [6, 6.07) is 46.6. The lowest BCUT2D eigenvalue weighted by molar-refractivity contribution is 0.666. The number of nitrogens with zero attached hydrogens (tertiary/aromatic N) is 3. The van der Waals surface area contributed by atoms with Gasteiger partial charge >= 0.3 is 0 Å². The van der Waals surface area contributed by atoms with Crippen molar-refractivity contribution in [1.29, 1.82) is 0 Å². The third kappa shape index (κ3) is 4.27. The lowest BCUT2D eigenvalue weighted by Crippen LogP contribution is -2.33. The molecular formula is C42H26N4OS. The van der Waals surface area contributed by atoms with Crippen molar-refractivity contribution in [3.05, 3.63) is 163 Å². The number of rotatable bonds is 4. The summed E-state index contributed by atoms with van der Waals surface area (Å²) in [6.07, 6.45) is 3.38. The van der Waals surface area contributed by atoms with Gasteiger partial charge in [-0.05, 0) is 40.1 Å². The molecule has 1 aliphatic heterocycles. The molecule has 0 saturated heterocycles. The first-order valence-corrected chi connectivity index (χ1v) is 16.8. The molecule has 9 aromatic rings. The smallest absolute Gasteiger partial charge is 0.159 e. The van der Waals surface area contributed by atoms with Crippen molar-refractivity contribution in [2.24, 2.45) is 9.98 Å². The van der Waals surface area contributed by atoms with Crippen LogP contribution in [-0.2, 0) is 0 Å². The van der Waals surface area contributed by atoms with Gasteiger partial charge in [-0.25, -0.2) is 9.98 Å². The van der Waals surface area contributed by atoms with E-state index in [-0.39, 0.29) is 6.17 Å². The second-order valence-corrected chi connectivity index (χ2v) is 13.1. The molecule has 0 fully saturated rings. The van der Waals surface area contributed by atoms with Gasteiger partial charge in [0.2, 0.25) is 0 Å². The highest BCUT2D eigenvalue weighted by atomic mass is 32.1. The lowest BCUT2D eigenvalue weighted by atomic mass is 9.96. The number of para-hydroxylation sites is 1. The van der Waals surface area contributed by atoms with Crippen molar-refractivity contribution >= 4 is 75.9 Å². The van der Waals surface area contributed by atoms with E-state index in [0.717, 1.165) is 44.2 Å². The summed E-state index contributed by atoms with van der Waals surface area (Å²) in [7, 11) is 0. The second kappa shape index (κ2) is 10.7. The van der Waals surface area contributed by atoms with Crippen LogP contribution in [0.2, 0.25) is 0 Å². The van der Waals surface area contributed by atoms with Gasteiger partial charge in [-0.15, -0.1) is 11.3 Å². The minimum atomic E-state index is -0.307. The largest absolute Gasteiger partial charge is 0.454 e. The van der Waals surface area contributed by atoms with Crippen molar-refractivity contribution in [3.8, 4) is 11.1 Å². The van der Waals surface area contributed by atoms with E-state index >= 15 is 0 Å². The number of thiophene rings is 1. The maximum absolute atomic E-state index is 6.73. The fraction of sp³-hybridized carbons (Fsp3) is 0.0238. The van der Waals surface area contributed by atoms with Gasteiger partial charge in [-0.2, -0.15) is 0 Å². The summed E-state index contributed by atoms with van der Waals surface area (Å²) < 4.78 is 9.27. The van der Waals surface area contributed by atoms with Crippen LogP contribution < -0.4 is 5.32 Å². The molecule has 4 heterocycles. The average molecular weight is 635 g/mol. The van der Waals surface area contributed by atoms with Gasteiger partial charge in [-0.3, -0.25) is 4.98 Å². The zero-order valence-corrected chi connectivity index (χ0v) is 26.4. The number of pyridine rings is 1. The van der Waals surface area contributed by atoms with Gasteiger partial charge in [0.15, 0.2) is 11.4 Å². The van der Waals surface area contributed by atoms with Crippen molar-refractivity contribution in [2.75, 3.05) is 0 Å². The first-order chi connectivity index (χ1) is 23.8. The number of amidine groups is 2. The molecule has 1 atom stereocenters. The number of furan rings is 1. The van der Waals surface area contributed by atoms with Gasteiger partial charge in [-0.1, -0.05) is 115 Å². The van der Waals surface area contributed by atoms with Gasteiger partial charge in [0.1, 0.15) is 17.6 Å². The molecule has 0 aliphatic carbocycles. The fourth-order valence-electron chi connectivity index (χ4n) is 6.99. The molecule has 6 aromatic carbocycles. The molecule has 1 aliphatic rings. The Morgan fingerprint density at radius 1 is 0.604 bits per heavy atom. The van der Waals surface area contributed by atoms with Crippen LogP contribution in [0.5, 0.6) is 0 Å². The van der Waals surface area contributed by atoms with E-state index in [0.29, 0.717) is 17.3 Å². The molecule has 3 aromatic heterocycles. The third-order valence-corrected chi connectivity index (χ3v) is 10.3. The molecule has 48 heavy (non-hydrogen) atoms. The summed E-state index contributed by atoms with van der Waals surface area (Å²) in [4.78, 5) is 14.7. The van der Waals surface area contributed by atoms with Crippen LogP contribution >= 0.6 is 11.3 Å². The Hall–Kier alpha value is -6.11. The van der Waals surface area contributed by atoms with E-state index in [1.807, 2.05) is 66.1 Å². The predicted octanol–water partition coefficient (Wildman–Crippen LogP) is 10.7. The highest BCUT2D eigenvalue weighted by molar-refractivity contribution is 7.26.